The molecule has 3 aromatic carbocycles. The van der Waals surface area contributed by atoms with Crippen LogP contribution in [0.3, 0.4) is 0 Å². The average Bonchev–Trinajstić information content (AvgIpc) is 3.02. The quantitative estimate of drug-likeness (QED) is 0.137. The number of carbonyl (C=O) groups excluding carboxylic acids is 1. The van der Waals surface area contributed by atoms with Crippen LogP contribution in [0.1, 0.15) is 109 Å². The van der Waals surface area contributed by atoms with E-state index in [9.17, 15) is 9.90 Å². The molecule has 0 amide bonds. The molecule has 3 heteroatoms. The standard InChI is InChI=1S/C29H37S.C11H16O2/c1-2-3-4-5-6-7-8-9-12-17-26-22-24-29(25-23-26)30(27-18-13-10-14-19-27)28-20-15-11-16-21-28;12-10(13)11-4-7-1-8(5-11)3-9(2-7)6-11/h10-11,13-16,18-25H,2-9,12,17H2,1H3;7-9H,1-6H2,(H,12,13)/q+1;/p-1. The van der Waals surface area contributed by atoms with Gasteiger partial charge in [-0.05, 0) is 111 Å². The lowest BCUT2D eigenvalue weighted by Crippen LogP contribution is -2.54. The molecule has 4 fully saturated rings. The molecule has 7 rings (SSSR count). The Balaban J connectivity index is 0.000000232. The van der Waals surface area contributed by atoms with Crippen LogP contribution in [0, 0.1) is 23.2 Å². The van der Waals surface area contributed by atoms with Gasteiger partial charge in [0.05, 0.1) is 10.9 Å². The van der Waals surface area contributed by atoms with Crippen molar-refractivity contribution in [3.8, 4) is 0 Å². The molecule has 4 saturated carbocycles. The highest BCUT2D eigenvalue weighted by atomic mass is 32.2. The van der Waals surface area contributed by atoms with Gasteiger partial charge in [-0.25, -0.2) is 0 Å². The number of carboxylic acid groups (broad SMARTS) is 1. The SMILES string of the molecule is CCCCCCCCCCCc1ccc([S+](c2ccccc2)c2ccccc2)cc1.O=C([O-])C12CC3CC(CC(C3)C1)C2. The highest BCUT2D eigenvalue weighted by Gasteiger charge is 2.51. The molecule has 3 aromatic rings. The van der Waals surface area contributed by atoms with Gasteiger partial charge in [0.15, 0.2) is 14.7 Å². The second-order valence-corrected chi connectivity index (χ2v) is 15.7. The summed E-state index contributed by atoms with van der Waals surface area (Å²) in [4.78, 5) is 15.3. The Morgan fingerprint density at radius 3 is 1.49 bits per heavy atom. The van der Waals surface area contributed by atoms with E-state index in [1.54, 1.807) is 0 Å². The lowest BCUT2D eigenvalue weighted by Gasteiger charge is -2.57. The smallest absolute Gasteiger partial charge is 0.166 e. The second kappa shape index (κ2) is 16.0. The van der Waals surface area contributed by atoms with E-state index < -0.39 is 11.4 Å². The first kappa shape index (κ1) is 31.9. The number of carboxylic acids is 1. The van der Waals surface area contributed by atoms with Crippen LogP contribution in [0.2, 0.25) is 0 Å². The topological polar surface area (TPSA) is 40.1 Å². The van der Waals surface area contributed by atoms with Crippen LogP contribution in [0.5, 0.6) is 0 Å². The molecule has 0 radical (unpaired) electrons. The fourth-order valence-corrected chi connectivity index (χ4v) is 10.4. The summed E-state index contributed by atoms with van der Waals surface area (Å²) in [6.45, 7) is 2.29. The molecular weight excluding hydrogens is 545 g/mol. The largest absolute Gasteiger partial charge is 0.550 e. The molecule has 0 aliphatic heterocycles. The van der Waals surface area contributed by atoms with Gasteiger partial charge in [-0.15, -0.1) is 0 Å². The lowest BCUT2D eigenvalue weighted by atomic mass is 9.49. The summed E-state index contributed by atoms with van der Waals surface area (Å²) in [7, 11) is -0.0368. The third kappa shape index (κ3) is 8.78. The fraction of sp³-hybridized carbons (Fsp3) is 0.525. The first-order chi connectivity index (χ1) is 21.1. The van der Waals surface area contributed by atoms with Crippen LogP contribution in [0.25, 0.3) is 0 Å². The minimum Gasteiger partial charge on any atom is -0.550 e. The minimum atomic E-state index is -0.758. The van der Waals surface area contributed by atoms with E-state index in [1.807, 2.05) is 0 Å². The van der Waals surface area contributed by atoms with E-state index in [4.69, 9.17) is 0 Å². The van der Waals surface area contributed by atoms with Crippen molar-refractivity contribution in [2.24, 2.45) is 23.2 Å². The van der Waals surface area contributed by atoms with Crippen LogP contribution in [0.4, 0.5) is 0 Å². The summed E-state index contributed by atoms with van der Waals surface area (Å²) in [6.07, 6.45) is 20.4. The van der Waals surface area contributed by atoms with Gasteiger partial charge in [-0.1, -0.05) is 107 Å². The normalized spacial score (nSPS) is 23.6. The number of carbonyl (C=O) groups is 1. The maximum absolute atomic E-state index is 11.1. The molecule has 0 heterocycles. The van der Waals surface area contributed by atoms with Gasteiger partial charge in [0, 0.05) is 11.4 Å². The van der Waals surface area contributed by atoms with Crippen molar-refractivity contribution in [1.82, 2.24) is 0 Å². The molecular formula is C40H52O2S. The molecule has 0 saturated heterocycles. The van der Waals surface area contributed by atoms with Gasteiger partial charge < -0.3 is 9.90 Å². The second-order valence-electron chi connectivity index (χ2n) is 13.6. The van der Waals surface area contributed by atoms with Crippen molar-refractivity contribution in [3.63, 3.8) is 0 Å². The third-order valence-electron chi connectivity index (χ3n) is 10.2. The highest BCUT2D eigenvalue weighted by Crippen LogP contribution is 2.59. The zero-order chi connectivity index (χ0) is 29.9. The Bertz CT molecular complexity index is 1160. The summed E-state index contributed by atoms with van der Waals surface area (Å²) in [6, 6.07) is 31.2. The fourth-order valence-electron chi connectivity index (χ4n) is 8.31. The van der Waals surface area contributed by atoms with Crippen molar-refractivity contribution < 1.29 is 9.90 Å². The van der Waals surface area contributed by atoms with Crippen molar-refractivity contribution in [2.45, 2.75) is 124 Å². The number of hydrogen-bond acceptors (Lipinski definition) is 2. The first-order valence-corrected chi connectivity index (χ1v) is 18.4. The van der Waals surface area contributed by atoms with E-state index in [2.05, 4.69) is 91.9 Å². The van der Waals surface area contributed by atoms with E-state index in [0.717, 1.165) is 19.3 Å². The molecule has 0 aromatic heterocycles. The maximum Gasteiger partial charge on any atom is 0.166 e. The van der Waals surface area contributed by atoms with Gasteiger partial charge in [0.2, 0.25) is 0 Å². The summed E-state index contributed by atoms with van der Waals surface area (Å²) < 4.78 is 0. The number of rotatable bonds is 14. The maximum atomic E-state index is 11.1. The van der Waals surface area contributed by atoms with E-state index in [-0.39, 0.29) is 10.9 Å². The molecule has 4 aliphatic carbocycles. The Kier molecular flexibility index (Phi) is 11.9. The number of benzene rings is 3. The van der Waals surface area contributed by atoms with Gasteiger partial charge in [-0.2, -0.15) is 0 Å². The molecule has 230 valence electrons. The molecule has 0 atom stereocenters. The Morgan fingerprint density at radius 2 is 1.05 bits per heavy atom. The number of aryl methyl sites for hydroxylation is 1. The summed E-state index contributed by atoms with van der Waals surface area (Å²) in [5, 5.41) is 11.1. The van der Waals surface area contributed by atoms with Crippen molar-refractivity contribution in [2.75, 3.05) is 0 Å². The molecule has 4 aliphatic rings. The predicted octanol–water partition coefficient (Wildman–Crippen LogP) is 9.81. The van der Waals surface area contributed by atoms with Crippen LogP contribution >= 0.6 is 0 Å². The van der Waals surface area contributed by atoms with Crippen molar-refractivity contribution >= 4 is 16.9 Å². The first-order valence-electron chi connectivity index (χ1n) is 17.2. The van der Waals surface area contributed by atoms with Crippen LogP contribution in [0.15, 0.2) is 99.6 Å². The summed E-state index contributed by atoms with van der Waals surface area (Å²) >= 11 is 0. The van der Waals surface area contributed by atoms with Gasteiger partial charge in [-0.3, -0.25) is 0 Å². The lowest BCUT2D eigenvalue weighted by molar-refractivity contribution is -0.327. The van der Waals surface area contributed by atoms with Crippen LogP contribution in [-0.4, -0.2) is 5.97 Å². The molecule has 43 heavy (non-hydrogen) atoms. The molecule has 4 bridgehead atoms. The Labute approximate surface area is 264 Å². The number of hydrogen-bond donors (Lipinski definition) is 0. The minimum absolute atomic E-state index is 0.0368. The molecule has 0 spiro atoms. The summed E-state index contributed by atoms with van der Waals surface area (Å²) in [5.74, 6) is 1.38. The molecule has 2 nitrogen and oxygen atoms in total. The number of unbranched alkanes of at least 4 members (excludes halogenated alkanes) is 8. The monoisotopic (exact) mass is 596 g/mol. The van der Waals surface area contributed by atoms with Gasteiger partial charge >= 0.3 is 0 Å². The highest BCUT2D eigenvalue weighted by molar-refractivity contribution is 7.97. The van der Waals surface area contributed by atoms with Gasteiger partial charge in [0.1, 0.15) is 0 Å². The van der Waals surface area contributed by atoms with Gasteiger partial charge in [0.25, 0.3) is 0 Å². The summed E-state index contributed by atoms with van der Waals surface area (Å²) in [5.41, 5.74) is 1.08. The van der Waals surface area contributed by atoms with Crippen LogP contribution in [-0.2, 0) is 22.1 Å². The Morgan fingerprint density at radius 1 is 0.628 bits per heavy atom. The zero-order valence-electron chi connectivity index (χ0n) is 26.4. The third-order valence-corrected chi connectivity index (χ3v) is 12.4. The van der Waals surface area contributed by atoms with Crippen LogP contribution < -0.4 is 5.11 Å². The predicted molar refractivity (Wildman–Crippen MR) is 178 cm³/mol. The molecule has 0 unspecified atom stereocenters. The molecule has 0 N–H and O–H groups in total. The van der Waals surface area contributed by atoms with E-state index >= 15 is 0 Å². The Hall–Kier alpha value is -2.52. The zero-order valence-corrected chi connectivity index (χ0v) is 27.2. The van der Waals surface area contributed by atoms with Crippen molar-refractivity contribution in [1.29, 1.82) is 0 Å². The van der Waals surface area contributed by atoms with Crippen molar-refractivity contribution in [3.05, 3.63) is 90.5 Å². The van der Waals surface area contributed by atoms with E-state index in [0.29, 0.717) is 17.8 Å². The van der Waals surface area contributed by atoms with E-state index in [1.165, 1.54) is 104 Å². The number of aliphatic carboxylic acids is 1. The average molecular weight is 597 g/mol.